The summed E-state index contributed by atoms with van der Waals surface area (Å²) in [4.78, 5) is 76.8. The maximum Gasteiger partial charge on any atom is 0.408 e. The maximum atomic E-state index is 14.9. The molecule has 4 amide bonds. The molecule has 17 heteroatoms. The van der Waals surface area contributed by atoms with Crippen molar-refractivity contribution in [3.05, 3.63) is 59.1 Å². The van der Waals surface area contributed by atoms with Gasteiger partial charge in [0.15, 0.2) is 0 Å². The van der Waals surface area contributed by atoms with Crippen molar-refractivity contribution in [3.63, 3.8) is 0 Å². The van der Waals surface area contributed by atoms with Crippen molar-refractivity contribution in [1.82, 2.24) is 29.6 Å². The molecule has 312 valence electrons. The van der Waals surface area contributed by atoms with Gasteiger partial charge in [0.2, 0.25) is 27.7 Å². The summed E-state index contributed by atoms with van der Waals surface area (Å²) in [7, 11) is -2.42. The SMILES string of the molecule is C=C[C@@H]1C[C@]1(NC(=O)[C@@H]1C[C@@H]2CN1C(=O)[C@H](C1CCCC1)NC(=O)O[C@@H]1CCC[C@H]1CC/C=C/Cc1c(nc3cc(OC)ccn3c1=O)O2)C(=O)NS(=O)(=O)C1CC1. The van der Waals surface area contributed by atoms with E-state index in [0.717, 1.165) is 32.1 Å². The second-order valence-corrected chi connectivity index (χ2v) is 18.7. The van der Waals surface area contributed by atoms with Crippen LogP contribution in [-0.2, 0) is 35.6 Å². The van der Waals surface area contributed by atoms with Gasteiger partial charge in [0, 0.05) is 31.0 Å². The molecule has 2 aliphatic heterocycles. The van der Waals surface area contributed by atoms with Gasteiger partial charge in [-0.05, 0) is 82.1 Å². The molecule has 2 aromatic rings. The number of carbonyl (C=O) groups excluding carboxylic acids is 4. The number of carbonyl (C=O) groups is 4. The van der Waals surface area contributed by atoms with Gasteiger partial charge < -0.3 is 29.7 Å². The third-order valence-electron chi connectivity index (χ3n) is 12.9. The molecule has 6 aliphatic rings. The van der Waals surface area contributed by atoms with Crippen LogP contribution in [0.5, 0.6) is 11.6 Å². The van der Waals surface area contributed by atoms with Gasteiger partial charge >= 0.3 is 6.09 Å². The third-order valence-corrected chi connectivity index (χ3v) is 14.7. The summed E-state index contributed by atoms with van der Waals surface area (Å²) in [6, 6.07) is 1.08. The third kappa shape index (κ3) is 7.93. The molecule has 4 heterocycles. The molecule has 1 saturated heterocycles. The number of rotatable bonds is 8. The van der Waals surface area contributed by atoms with E-state index in [4.69, 9.17) is 19.2 Å². The highest BCUT2D eigenvalue weighted by molar-refractivity contribution is 7.91. The molecule has 5 fully saturated rings. The Morgan fingerprint density at radius 1 is 1.03 bits per heavy atom. The Morgan fingerprint density at radius 2 is 1.81 bits per heavy atom. The Bertz CT molecular complexity index is 2180. The highest BCUT2D eigenvalue weighted by Crippen LogP contribution is 2.46. The van der Waals surface area contributed by atoms with Crippen molar-refractivity contribution in [2.24, 2.45) is 17.8 Å². The van der Waals surface area contributed by atoms with Gasteiger partial charge in [0.1, 0.15) is 41.2 Å². The number of amides is 4. The lowest BCUT2D eigenvalue weighted by atomic mass is 9.96. The van der Waals surface area contributed by atoms with Crippen LogP contribution >= 0.6 is 0 Å². The smallest absolute Gasteiger partial charge is 0.408 e. The van der Waals surface area contributed by atoms with Crippen LogP contribution in [0.15, 0.2) is 47.9 Å². The first kappa shape index (κ1) is 39.9. The monoisotopic (exact) mass is 820 g/mol. The Balaban J connectivity index is 1.15. The lowest BCUT2D eigenvalue weighted by Gasteiger charge is -2.32. The van der Waals surface area contributed by atoms with E-state index in [-0.39, 0.29) is 60.8 Å². The molecule has 2 bridgehead atoms. The van der Waals surface area contributed by atoms with Crippen LogP contribution in [0.1, 0.15) is 89.0 Å². The largest absolute Gasteiger partial charge is 0.497 e. The molecule has 0 spiro atoms. The number of fused-ring (bicyclic) bond motifs is 5. The number of pyridine rings is 1. The Kier molecular flexibility index (Phi) is 11.0. The van der Waals surface area contributed by atoms with Gasteiger partial charge in [0.05, 0.1) is 24.5 Å². The summed E-state index contributed by atoms with van der Waals surface area (Å²) in [6.45, 7) is 3.69. The summed E-state index contributed by atoms with van der Waals surface area (Å²) in [6.07, 6.45) is 13.5. The first-order valence-corrected chi connectivity index (χ1v) is 22.1. The number of sulfonamides is 1. The molecule has 8 rings (SSSR count). The highest BCUT2D eigenvalue weighted by atomic mass is 32.2. The van der Waals surface area contributed by atoms with E-state index in [2.05, 4.69) is 21.9 Å². The van der Waals surface area contributed by atoms with Crippen molar-refractivity contribution in [2.45, 2.75) is 125 Å². The zero-order valence-corrected chi connectivity index (χ0v) is 33.5. The lowest BCUT2D eigenvalue weighted by molar-refractivity contribution is -0.142. The van der Waals surface area contributed by atoms with Crippen LogP contribution in [-0.4, -0.2) is 95.3 Å². The quantitative estimate of drug-likeness (QED) is 0.331. The molecule has 16 nitrogen and oxygen atoms in total. The first-order chi connectivity index (χ1) is 27.9. The lowest BCUT2D eigenvalue weighted by Crippen LogP contribution is -2.59. The Morgan fingerprint density at radius 3 is 2.53 bits per heavy atom. The highest BCUT2D eigenvalue weighted by Gasteiger charge is 2.62. The number of hydrogen-bond donors (Lipinski definition) is 3. The van der Waals surface area contributed by atoms with Gasteiger partial charge in [-0.15, -0.1) is 6.58 Å². The van der Waals surface area contributed by atoms with E-state index in [0.29, 0.717) is 49.8 Å². The van der Waals surface area contributed by atoms with Crippen molar-refractivity contribution in [1.29, 1.82) is 0 Å². The van der Waals surface area contributed by atoms with E-state index in [1.807, 2.05) is 12.2 Å². The molecular weight excluding hydrogens is 769 g/mol. The molecule has 58 heavy (non-hydrogen) atoms. The number of ether oxygens (including phenoxy) is 3. The molecule has 7 atom stereocenters. The van der Waals surface area contributed by atoms with Gasteiger partial charge in [-0.3, -0.25) is 28.3 Å². The van der Waals surface area contributed by atoms with Crippen molar-refractivity contribution in [2.75, 3.05) is 13.7 Å². The van der Waals surface area contributed by atoms with E-state index in [9.17, 15) is 32.4 Å². The van der Waals surface area contributed by atoms with Crippen LogP contribution in [0.25, 0.3) is 5.65 Å². The van der Waals surface area contributed by atoms with Crippen molar-refractivity contribution >= 4 is 39.5 Å². The number of allylic oxidation sites excluding steroid dienone is 2. The van der Waals surface area contributed by atoms with Gasteiger partial charge in [-0.1, -0.05) is 31.1 Å². The zero-order valence-electron chi connectivity index (χ0n) is 32.7. The number of aromatic nitrogens is 2. The first-order valence-electron chi connectivity index (χ1n) is 20.6. The topological polar surface area (TPSA) is 204 Å². The predicted octanol–water partition coefficient (Wildman–Crippen LogP) is 3.07. The fourth-order valence-corrected chi connectivity index (χ4v) is 10.7. The van der Waals surface area contributed by atoms with E-state index in [1.165, 1.54) is 22.5 Å². The average molecular weight is 821 g/mol. The minimum absolute atomic E-state index is 0.0472. The van der Waals surface area contributed by atoms with Crippen molar-refractivity contribution < 1.29 is 41.8 Å². The maximum absolute atomic E-state index is 14.9. The Labute approximate surface area is 337 Å². The average Bonchev–Trinajstić information content (AvgIpc) is 3.99. The van der Waals surface area contributed by atoms with Gasteiger partial charge in [0.25, 0.3) is 11.5 Å². The second-order valence-electron chi connectivity index (χ2n) is 16.7. The Hall–Kier alpha value is -4.93. The minimum atomic E-state index is -3.93. The molecule has 3 N–H and O–H groups in total. The van der Waals surface area contributed by atoms with Gasteiger partial charge in [-0.2, -0.15) is 4.98 Å². The van der Waals surface area contributed by atoms with E-state index in [1.54, 1.807) is 18.3 Å². The summed E-state index contributed by atoms with van der Waals surface area (Å²) in [5.41, 5.74) is -1.35. The number of nitrogens with zero attached hydrogens (tertiary/aromatic N) is 3. The number of nitrogens with one attached hydrogen (secondary N) is 3. The van der Waals surface area contributed by atoms with Crippen LogP contribution < -0.4 is 30.4 Å². The molecule has 0 unspecified atom stereocenters. The summed E-state index contributed by atoms with van der Waals surface area (Å²) < 4.78 is 47.1. The fraction of sp³-hybridized carbons (Fsp3) is 0.610. The molecule has 0 radical (unpaired) electrons. The molecule has 2 aromatic heterocycles. The number of methoxy groups -OCH3 is 1. The van der Waals surface area contributed by atoms with E-state index >= 15 is 0 Å². The summed E-state index contributed by atoms with van der Waals surface area (Å²) in [5.74, 6) is -2.12. The van der Waals surface area contributed by atoms with Crippen LogP contribution in [0, 0.1) is 17.8 Å². The predicted molar refractivity (Wildman–Crippen MR) is 210 cm³/mol. The molecule has 0 aromatic carbocycles. The second kappa shape index (κ2) is 16.0. The van der Waals surface area contributed by atoms with Gasteiger partial charge in [-0.25, -0.2) is 13.2 Å². The number of hydrogen-bond acceptors (Lipinski definition) is 11. The van der Waals surface area contributed by atoms with Crippen LogP contribution in [0.3, 0.4) is 0 Å². The van der Waals surface area contributed by atoms with Crippen LogP contribution in [0.2, 0.25) is 0 Å². The summed E-state index contributed by atoms with van der Waals surface area (Å²) in [5, 5.41) is 5.07. The minimum Gasteiger partial charge on any atom is -0.497 e. The van der Waals surface area contributed by atoms with Crippen molar-refractivity contribution in [3.8, 4) is 11.6 Å². The van der Waals surface area contributed by atoms with Crippen LogP contribution in [0.4, 0.5) is 4.79 Å². The summed E-state index contributed by atoms with van der Waals surface area (Å²) >= 11 is 0. The standard InChI is InChI=1S/C41H52N6O10S/c1-3-26-22-41(26,39(51)45-58(53,54)29-16-17-29)44-35(48)31-20-28-23-47(31)38(50)34(25-11-7-8-12-25)43-40(52)57-32-15-9-13-24(32)10-5-4-6-14-30-36(56-28)42-33-21-27(55-2)18-19-46(33)37(30)49/h3-4,6,18-19,21,24-26,28-29,31-32,34H,1,5,7-17,20,22-23H2,2H3,(H,43,52)(H,44,48)(H,45,51)/b6-4+/t24-,26-,28-,31+,32-,34+,41-/m1/s1. The van der Waals surface area contributed by atoms with E-state index < -0.39 is 68.7 Å². The normalized spacial score (nSPS) is 31.1. The molecule has 4 saturated carbocycles. The molecule has 4 aliphatic carbocycles. The molecular formula is C41H52N6O10S. The fourth-order valence-electron chi connectivity index (χ4n) is 9.35. The number of alkyl carbamates (subject to hydrolysis) is 1. The zero-order chi connectivity index (χ0) is 40.8.